The maximum Gasteiger partial charge on any atom is 0.216 e. The van der Waals surface area contributed by atoms with Crippen LogP contribution in [-0.2, 0) is 29.4 Å². The second-order valence-corrected chi connectivity index (χ2v) is 8.66. The van der Waals surface area contributed by atoms with E-state index >= 15 is 0 Å². The third-order valence-corrected chi connectivity index (χ3v) is 6.06. The number of carbonyl (C=O) groups is 1. The monoisotopic (exact) mass is 412 g/mol. The number of ether oxygens (including phenoxy) is 1. The first-order valence-corrected chi connectivity index (χ1v) is 10.8. The molecule has 29 heavy (non-hydrogen) atoms. The minimum absolute atomic E-state index is 0.0884. The van der Waals surface area contributed by atoms with E-state index in [-0.39, 0.29) is 18.1 Å². The summed E-state index contributed by atoms with van der Waals surface area (Å²) in [6.45, 7) is 1.96. The summed E-state index contributed by atoms with van der Waals surface area (Å²) in [5.74, 6) is 0.472. The van der Waals surface area contributed by atoms with Crippen molar-refractivity contribution in [2.45, 2.75) is 19.2 Å². The fourth-order valence-electron chi connectivity index (χ4n) is 3.23. The van der Waals surface area contributed by atoms with Crippen molar-refractivity contribution in [1.29, 1.82) is 0 Å². The van der Waals surface area contributed by atoms with Crippen LogP contribution in [0.25, 0.3) is 0 Å². The van der Waals surface area contributed by atoms with Crippen LogP contribution in [0.2, 0.25) is 0 Å². The molecule has 0 spiro atoms. The highest BCUT2D eigenvalue weighted by Gasteiger charge is 2.20. The molecular formula is C22H24N2O4S. The average molecular weight is 413 g/mol. The maximum absolute atomic E-state index is 12.9. The molecular weight excluding hydrogens is 388 g/mol. The molecule has 152 valence electrons. The summed E-state index contributed by atoms with van der Waals surface area (Å²) in [4.78, 5) is 12.9. The average Bonchev–Trinajstić information content (AvgIpc) is 3.00. The summed E-state index contributed by atoms with van der Waals surface area (Å²) in [6.07, 6.45) is 0. The van der Waals surface area contributed by atoms with Gasteiger partial charge in [0.2, 0.25) is 15.8 Å². The molecule has 2 aromatic carbocycles. The molecule has 0 bridgehead atoms. The van der Waals surface area contributed by atoms with E-state index in [9.17, 15) is 13.2 Å². The number of benzene rings is 2. The molecule has 0 fully saturated rings. The standard InChI is InChI=1S/C22H24N2O4S/c1-16-13-19(14-23-29(26,27)15-17-7-5-4-6-8-17)24(2)21(16)22(25)18-9-11-20(28-3)12-10-18/h4-13,23H,14-15H2,1-3H3. The SMILES string of the molecule is COc1ccc(C(=O)c2c(C)cc(CNS(=O)(=O)Cc3ccccc3)n2C)cc1. The Labute approximate surface area is 171 Å². The number of aryl methyl sites for hydroxylation is 1. The molecule has 7 heteroatoms. The first-order chi connectivity index (χ1) is 13.8. The fraction of sp³-hybridized carbons (Fsp3) is 0.227. The highest BCUT2D eigenvalue weighted by Crippen LogP contribution is 2.20. The summed E-state index contributed by atoms with van der Waals surface area (Å²) in [6, 6.07) is 17.8. The van der Waals surface area contributed by atoms with Crippen LogP contribution in [0.3, 0.4) is 0 Å². The predicted octanol–water partition coefficient (Wildman–Crippen LogP) is 3.19. The largest absolute Gasteiger partial charge is 0.497 e. The van der Waals surface area contributed by atoms with E-state index in [1.807, 2.05) is 31.2 Å². The topological polar surface area (TPSA) is 77.4 Å². The Morgan fingerprint density at radius 2 is 1.72 bits per heavy atom. The Morgan fingerprint density at radius 1 is 1.07 bits per heavy atom. The summed E-state index contributed by atoms with van der Waals surface area (Å²) >= 11 is 0. The normalized spacial score (nSPS) is 11.4. The Hall–Kier alpha value is -2.90. The summed E-state index contributed by atoms with van der Waals surface area (Å²) in [7, 11) is -0.154. The Kier molecular flexibility index (Phi) is 6.20. The van der Waals surface area contributed by atoms with Crippen LogP contribution in [-0.4, -0.2) is 25.9 Å². The van der Waals surface area contributed by atoms with Gasteiger partial charge in [0.05, 0.1) is 25.1 Å². The van der Waals surface area contributed by atoms with Gasteiger partial charge in [-0.1, -0.05) is 30.3 Å². The van der Waals surface area contributed by atoms with Gasteiger partial charge < -0.3 is 9.30 Å². The number of hydrogen-bond acceptors (Lipinski definition) is 4. The summed E-state index contributed by atoms with van der Waals surface area (Å²) in [5.41, 5.74) is 3.32. The second-order valence-electron chi connectivity index (χ2n) is 6.85. The molecule has 3 aromatic rings. The zero-order chi connectivity index (χ0) is 21.0. The number of methoxy groups -OCH3 is 1. The molecule has 0 saturated heterocycles. The number of rotatable bonds is 8. The van der Waals surface area contributed by atoms with E-state index in [2.05, 4.69) is 4.72 Å². The van der Waals surface area contributed by atoms with Crippen molar-refractivity contribution in [2.75, 3.05) is 7.11 Å². The van der Waals surface area contributed by atoms with E-state index in [0.29, 0.717) is 17.0 Å². The van der Waals surface area contributed by atoms with Gasteiger partial charge in [-0.25, -0.2) is 13.1 Å². The highest BCUT2D eigenvalue weighted by atomic mass is 32.2. The lowest BCUT2D eigenvalue weighted by Gasteiger charge is -2.10. The fourth-order valence-corrected chi connectivity index (χ4v) is 4.33. The van der Waals surface area contributed by atoms with E-state index in [1.165, 1.54) is 0 Å². The Bertz CT molecular complexity index is 1100. The lowest BCUT2D eigenvalue weighted by atomic mass is 10.1. The van der Waals surface area contributed by atoms with E-state index < -0.39 is 10.0 Å². The zero-order valence-corrected chi connectivity index (χ0v) is 17.5. The third-order valence-electron chi connectivity index (χ3n) is 4.76. The van der Waals surface area contributed by atoms with Gasteiger partial charge in [0.25, 0.3) is 0 Å². The molecule has 0 saturated carbocycles. The van der Waals surface area contributed by atoms with Crippen LogP contribution in [0.15, 0.2) is 60.7 Å². The molecule has 0 amide bonds. The molecule has 0 aliphatic carbocycles. The Balaban J connectivity index is 1.75. The third kappa shape index (κ3) is 4.93. The van der Waals surface area contributed by atoms with Crippen molar-refractivity contribution >= 4 is 15.8 Å². The van der Waals surface area contributed by atoms with Crippen molar-refractivity contribution in [3.63, 3.8) is 0 Å². The van der Waals surface area contributed by atoms with Gasteiger partial charge in [-0.2, -0.15) is 0 Å². The first-order valence-electron chi connectivity index (χ1n) is 9.16. The number of carbonyl (C=O) groups excluding carboxylic acids is 1. The van der Waals surface area contributed by atoms with Crippen molar-refractivity contribution in [3.8, 4) is 5.75 Å². The minimum Gasteiger partial charge on any atom is -0.497 e. The number of hydrogen-bond donors (Lipinski definition) is 1. The number of ketones is 1. The van der Waals surface area contributed by atoms with Crippen molar-refractivity contribution in [1.82, 2.24) is 9.29 Å². The van der Waals surface area contributed by atoms with Crippen LogP contribution in [0.1, 0.15) is 32.9 Å². The summed E-state index contributed by atoms with van der Waals surface area (Å²) < 4.78 is 34.3. The van der Waals surface area contributed by atoms with Crippen LogP contribution in [0.5, 0.6) is 5.75 Å². The minimum atomic E-state index is -3.50. The smallest absolute Gasteiger partial charge is 0.216 e. The van der Waals surface area contributed by atoms with E-state index in [1.54, 1.807) is 55.1 Å². The maximum atomic E-state index is 12.9. The number of nitrogens with one attached hydrogen (secondary N) is 1. The quantitative estimate of drug-likeness (QED) is 0.577. The van der Waals surface area contributed by atoms with Gasteiger partial charge in [-0.3, -0.25) is 4.79 Å². The first kappa shape index (κ1) is 20.8. The summed E-state index contributed by atoms with van der Waals surface area (Å²) in [5, 5.41) is 0. The molecule has 0 aliphatic heterocycles. The number of nitrogens with zero attached hydrogens (tertiary/aromatic N) is 1. The number of aromatic nitrogens is 1. The molecule has 1 heterocycles. The van der Waals surface area contributed by atoms with Crippen molar-refractivity contribution < 1.29 is 17.9 Å². The van der Waals surface area contributed by atoms with Crippen LogP contribution in [0.4, 0.5) is 0 Å². The molecule has 0 unspecified atom stereocenters. The van der Waals surface area contributed by atoms with Crippen LogP contribution in [0, 0.1) is 6.92 Å². The predicted molar refractivity (Wildman–Crippen MR) is 112 cm³/mol. The molecule has 6 nitrogen and oxygen atoms in total. The molecule has 3 rings (SSSR count). The molecule has 0 atom stereocenters. The molecule has 0 aliphatic rings. The Morgan fingerprint density at radius 3 is 2.34 bits per heavy atom. The lowest BCUT2D eigenvalue weighted by Crippen LogP contribution is -2.26. The van der Waals surface area contributed by atoms with Crippen molar-refractivity contribution in [3.05, 3.63) is 88.7 Å². The van der Waals surface area contributed by atoms with Gasteiger partial charge in [0.1, 0.15) is 5.75 Å². The second kappa shape index (κ2) is 8.63. The molecule has 1 aromatic heterocycles. The number of sulfonamides is 1. The molecule has 1 N–H and O–H groups in total. The van der Waals surface area contributed by atoms with Gasteiger partial charge in [-0.05, 0) is 48.4 Å². The van der Waals surface area contributed by atoms with Crippen LogP contribution >= 0.6 is 0 Å². The van der Waals surface area contributed by atoms with E-state index in [4.69, 9.17) is 4.74 Å². The molecule has 0 radical (unpaired) electrons. The zero-order valence-electron chi connectivity index (χ0n) is 16.7. The van der Waals surface area contributed by atoms with E-state index in [0.717, 1.165) is 16.8 Å². The van der Waals surface area contributed by atoms with Gasteiger partial charge in [-0.15, -0.1) is 0 Å². The highest BCUT2D eigenvalue weighted by molar-refractivity contribution is 7.88. The van der Waals surface area contributed by atoms with Gasteiger partial charge >= 0.3 is 0 Å². The lowest BCUT2D eigenvalue weighted by molar-refractivity contribution is 0.103. The van der Waals surface area contributed by atoms with Crippen LogP contribution < -0.4 is 9.46 Å². The van der Waals surface area contributed by atoms with Gasteiger partial charge in [0.15, 0.2) is 0 Å². The van der Waals surface area contributed by atoms with Crippen molar-refractivity contribution in [2.24, 2.45) is 7.05 Å². The van der Waals surface area contributed by atoms with Gasteiger partial charge in [0, 0.05) is 18.3 Å².